The van der Waals surface area contributed by atoms with E-state index < -0.39 is 0 Å². The van der Waals surface area contributed by atoms with E-state index in [0.29, 0.717) is 104 Å². The summed E-state index contributed by atoms with van der Waals surface area (Å²) >= 11 is 0. The molecule has 0 bridgehead atoms. The van der Waals surface area contributed by atoms with Gasteiger partial charge in [-0.1, -0.05) is 12.1 Å². The summed E-state index contributed by atoms with van der Waals surface area (Å²) < 4.78 is 43.5. The number of amides is 2. The van der Waals surface area contributed by atoms with Crippen LogP contribution in [0.5, 0.6) is 0 Å². The van der Waals surface area contributed by atoms with Gasteiger partial charge in [-0.05, 0) is 26.0 Å². The van der Waals surface area contributed by atoms with E-state index in [2.05, 4.69) is 0 Å². The molecule has 0 radical (unpaired) electrons. The van der Waals surface area contributed by atoms with Gasteiger partial charge >= 0.3 is 0 Å². The molecule has 1 aromatic rings. The Morgan fingerprint density at radius 2 is 0.842 bits per heavy atom. The maximum absolute atomic E-state index is 12.3. The molecular weight excluding hydrogens is 498 g/mol. The number of ether oxygens (including phenoxy) is 8. The maximum atomic E-state index is 12.3. The average molecular weight is 542 g/mol. The number of rotatable bonds is 25. The van der Waals surface area contributed by atoms with E-state index in [1.807, 2.05) is 13.8 Å². The van der Waals surface area contributed by atoms with E-state index in [-0.39, 0.29) is 31.1 Å². The Morgan fingerprint density at radius 3 is 1.18 bits per heavy atom. The Hall–Kier alpha value is -1.96. The molecule has 38 heavy (non-hydrogen) atoms. The lowest BCUT2D eigenvalue weighted by Crippen LogP contribution is -2.33. The van der Waals surface area contributed by atoms with Crippen molar-refractivity contribution in [2.24, 2.45) is 0 Å². The Bertz CT molecular complexity index is 741. The molecule has 1 aromatic carbocycles. The van der Waals surface area contributed by atoms with Crippen LogP contribution in [0.4, 0.5) is 0 Å². The highest BCUT2D eigenvalue weighted by Crippen LogP contribution is 2.21. The summed E-state index contributed by atoms with van der Waals surface area (Å²) in [5, 5.41) is 0. The van der Waals surface area contributed by atoms with Crippen molar-refractivity contribution in [2.75, 3.05) is 106 Å². The summed E-state index contributed by atoms with van der Waals surface area (Å²) in [6.07, 6.45) is 0.225. The highest BCUT2D eigenvalue weighted by atomic mass is 16.6. The normalized spacial score (nSPS) is 13.2. The van der Waals surface area contributed by atoms with Gasteiger partial charge in [0.15, 0.2) is 0 Å². The van der Waals surface area contributed by atoms with Crippen molar-refractivity contribution < 1.29 is 47.5 Å². The first-order valence-corrected chi connectivity index (χ1v) is 13.2. The van der Waals surface area contributed by atoms with Crippen molar-refractivity contribution in [1.29, 1.82) is 0 Å². The fourth-order valence-electron chi connectivity index (χ4n) is 3.36. The van der Waals surface area contributed by atoms with Crippen LogP contribution in [0.2, 0.25) is 0 Å². The second-order valence-corrected chi connectivity index (χ2v) is 8.51. The molecule has 0 aliphatic carbocycles. The third-order valence-corrected chi connectivity index (χ3v) is 5.25. The minimum absolute atomic E-state index is 0.221. The van der Waals surface area contributed by atoms with Crippen molar-refractivity contribution in [3.8, 4) is 0 Å². The number of benzene rings is 1. The molecule has 11 heteroatoms. The first-order chi connectivity index (χ1) is 18.6. The molecule has 216 valence electrons. The van der Waals surface area contributed by atoms with Crippen LogP contribution in [-0.2, 0) is 37.9 Å². The topological polar surface area (TPSA) is 111 Å². The van der Waals surface area contributed by atoms with Crippen molar-refractivity contribution in [3.63, 3.8) is 0 Å². The van der Waals surface area contributed by atoms with Gasteiger partial charge in [-0.15, -0.1) is 0 Å². The van der Waals surface area contributed by atoms with Gasteiger partial charge in [0.25, 0.3) is 11.8 Å². The molecule has 1 heterocycles. The van der Waals surface area contributed by atoms with E-state index in [9.17, 15) is 9.59 Å². The molecular formula is C27H43NO10. The Labute approximate surface area is 225 Å². The minimum Gasteiger partial charge on any atom is -0.377 e. The van der Waals surface area contributed by atoms with Crippen LogP contribution in [0, 0.1) is 0 Å². The molecule has 0 aromatic heterocycles. The number of fused-ring (bicyclic) bond motifs is 1. The largest absolute Gasteiger partial charge is 0.377 e. The van der Waals surface area contributed by atoms with Gasteiger partial charge in [0.05, 0.1) is 123 Å². The molecule has 0 unspecified atom stereocenters. The number of carbonyl (C=O) groups excluding carboxylic acids is 2. The van der Waals surface area contributed by atoms with Crippen molar-refractivity contribution in [2.45, 2.75) is 20.0 Å². The van der Waals surface area contributed by atoms with Crippen LogP contribution in [0.1, 0.15) is 34.6 Å². The minimum atomic E-state index is -0.273. The lowest BCUT2D eigenvalue weighted by molar-refractivity contribution is -0.0256. The zero-order valence-corrected chi connectivity index (χ0v) is 22.7. The molecule has 0 saturated carbocycles. The predicted octanol–water partition coefficient (Wildman–Crippen LogP) is 1.82. The number of hydrogen-bond donors (Lipinski definition) is 0. The fraction of sp³-hybridized carbons (Fsp3) is 0.704. The van der Waals surface area contributed by atoms with Crippen LogP contribution < -0.4 is 0 Å². The van der Waals surface area contributed by atoms with Crippen molar-refractivity contribution in [3.05, 3.63) is 35.4 Å². The summed E-state index contributed by atoms with van der Waals surface area (Å²) in [5.74, 6) is -0.546. The Kier molecular flexibility index (Phi) is 17.8. The fourth-order valence-corrected chi connectivity index (χ4v) is 3.36. The quantitative estimate of drug-likeness (QED) is 0.134. The second-order valence-electron chi connectivity index (χ2n) is 8.51. The molecule has 1 aliphatic heterocycles. The lowest BCUT2D eigenvalue weighted by Gasteiger charge is -2.13. The number of hydrogen-bond acceptors (Lipinski definition) is 10. The number of nitrogens with zero attached hydrogens (tertiary/aromatic N) is 1. The zero-order chi connectivity index (χ0) is 27.3. The molecule has 0 spiro atoms. The van der Waals surface area contributed by atoms with Gasteiger partial charge in [-0.3, -0.25) is 14.5 Å². The van der Waals surface area contributed by atoms with E-state index in [1.54, 1.807) is 24.3 Å². The predicted molar refractivity (Wildman–Crippen MR) is 139 cm³/mol. The molecule has 0 atom stereocenters. The number of imide groups is 1. The third kappa shape index (κ3) is 13.7. The van der Waals surface area contributed by atoms with Gasteiger partial charge in [0, 0.05) is 0 Å². The van der Waals surface area contributed by atoms with Crippen LogP contribution in [-0.4, -0.2) is 128 Å². The smallest absolute Gasteiger partial charge is 0.261 e. The van der Waals surface area contributed by atoms with Gasteiger partial charge in [0.2, 0.25) is 0 Å². The highest BCUT2D eigenvalue weighted by molar-refractivity contribution is 6.21. The molecule has 2 rings (SSSR count). The van der Waals surface area contributed by atoms with E-state index in [1.165, 1.54) is 4.90 Å². The Morgan fingerprint density at radius 1 is 0.526 bits per heavy atom. The average Bonchev–Trinajstić information content (AvgIpc) is 3.15. The summed E-state index contributed by atoms with van der Waals surface area (Å²) in [4.78, 5) is 25.7. The van der Waals surface area contributed by atoms with Crippen LogP contribution in [0.25, 0.3) is 0 Å². The van der Waals surface area contributed by atoms with E-state index >= 15 is 0 Å². The molecule has 0 N–H and O–H groups in total. The van der Waals surface area contributed by atoms with Gasteiger partial charge in [-0.25, -0.2) is 0 Å². The van der Waals surface area contributed by atoms with E-state index in [4.69, 9.17) is 37.9 Å². The summed E-state index contributed by atoms with van der Waals surface area (Å²) in [5.41, 5.74) is 0.893. The zero-order valence-electron chi connectivity index (χ0n) is 22.7. The van der Waals surface area contributed by atoms with E-state index in [0.717, 1.165) is 0 Å². The highest BCUT2D eigenvalue weighted by Gasteiger charge is 2.34. The van der Waals surface area contributed by atoms with Crippen LogP contribution in [0.15, 0.2) is 24.3 Å². The van der Waals surface area contributed by atoms with Gasteiger partial charge in [0.1, 0.15) is 0 Å². The van der Waals surface area contributed by atoms with Crippen molar-refractivity contribution >= 4 is 11.8 Å². The molecule has 1 aliphatic rings. The molecule has 0 saturated heterocycles. The van der Waals surface area contributed by atoms with Gasteiger partial charge in [-0.2, -0.15) is 0 Å². The number of carbonyl (C=O) groups is 2. The molecule has 11 nitrogen and oxygen atoms in total. The van der Waals surface area contributed by atoms with Crippen LogP contribution in [0.3, 0.4) is 0 Å². The third-order valence-electron chi connectivity index (χ3n) is 5.25. The first-order valence-electron chi connectivity index (χ1n) is 13.2. The first kappa shape index (κ1) is 32.3. The van der Waals surface area contributed by atoms with Crippen molar-refractivity contribution in [1.82, 2.24) is 4.90 Å². The summed E-state index contributed by atoms with van der Waals surface area (Å²) in [6, 6.07) is 6.82. The summed E-state index contributed by atoms with van der Waals surface area (Å²) in [6.45, 7) is 11.4. The SMILES string of the molecule is CC(C)OCCOCCOCCOCCOCCOCCOCCOCCN1C(=O)c2ccccc2C1=O. The molecule has 0 fully saturated rings. The summed E-state index contributed by atoms with van der Waals surface area (Å²) in [7, 11) is 0. The second kappa shape index (κ2) is 20.9. The standard InChI is InChI=1S/C27H43NO10/c1-23(2)38-22-21-37-20-19-36-18-17-35-16-15-34-14-13-33-12-11-32-10-9-31-8-7-28-26(29)24-5-3-4-6-25(24)27(28)30/h3-6,23H,7-22H2,1-2H3. The Balaban J connectivity index is 1.24. The monoisotopic (exact) mass is 541 g/mol. The van der Waals surface area contributed by atoms with Gasteiger partial charge < -0.3 is 37.9 Å². The maximum Gasteiger partial charge on any atom is 0.261 e. The molecule has 2 amide bonds. The van der Waals surface area contributed by atoms with Crippen LogP contribution >= 0.6 is 0 Å². The lowest BCUT2D eigenvalue weighted by atomic mass is 10.1.